The van der Waals surface area contributed by atoms with Crippen LogP contribution in [0.1, 0.15) is 36.5 Å². The maximum Gasteiger partial charge on any atom is 0.416 e. The molecule has 0 saturated heterocycles. The van der Waals surface area contributed by atoms with E-state index in [4.69, 9.17) is 0 Å². The molecular formula is C24H27F4N3. The minimum atomic E-state index is -4.39. The first kappa shape index (κ1) is 23.0. The van der Waals surface area contributed by atoms with Gasteiger partial charge in [0.2, 0.25) is 0 Å². The van der Waals surface area contributed by atoms with Crippen LogP contribution in [0.3, 0.4) is 0 Å². The maximum atomic E-state index is 13.6. The topological polar surface area (TPSA) is 28.2 Å². The number of benzene rings is 2. The van der Waals surface area contributed by atoms with Crippen LogP contribution in [-0.4, -0.2) is 29.5 Å². The molecular weight excluding hydrogens is 406 g/mol. The standard InChI is InChI=1S/C24H27F4N3/c1-3-12-31(16-18-14-20(25)7-5-17(18)2)13-4-10-29-22-9-11-30-23-15-19(24(26,27)28)6-8-21(22)23/h5-9,11,14-15H,3-4,10,12-13,16H2,1-2H3,(H,29,30). The molecule has 3 rings (SSSR count). The van der Waals surface area contributed by atoms with Crippen LogP contribution in [0.2, 0.25) is 0 Å². The largest absolute Gasteiger partial charge is 0.416 e. The molecule has 31 heavy (non-hydrogen) atoms. The van der Waals surface area contributed by atoms with E-state index in [0.29, 0.717) is 24.0 Å². The molecule has 3 nitrogen and oxygen atoms in total. The molecule has 0 spiro atoms. The van der Waals surface area contributed by atoms with Crippen molar-refractivity contribution in [3.8, 4) is 0 Å². The van der Waals surface area contributed by atoms with Crippen molar-refractivity contribution in [3.05, 3.63) is 71.2 Å². The number of nitrogens with zero attached hydrogens (tertiary/aromatic N) is 2. The number of aromatic nitrogens is 1. The molecule has 7 heteroatoms. The molecule has 166 valence electrons. The van der Waals surface area contributed by atoms with E-state index in [-0.39, 0.29) is 5.82 Å². The summed E-state index contributed by atoms with van der Waals surface area (Å²) in [4.78, 5) is 6.38. The fraction of sp³-hybridized carbons (Fsp3) is 0.375. The van der Waals surface area contributed by atoms with Gasteiger partial charge in [0.15, 0.2) is 0 Å². The molecule has 1 heterocycles. The van der Waals surface area contributed by atoms with Crippen LogP contribution >= 0.6 is 0 Å². The monoisotopic (exact) mass is 433 g/mol. The molecule has 3 aromatic rings. The van der Waals surface area contributed by atoms with Gasteiger partial charge in [-0.3, -0.25) is 9.88 Å². The van der Waals surface area contributed by atoms with E-state index in [1.807, 2.05) is 6.92 Å². The molecule has 0 unspecified atom stereocenters. The molecule has 0 aliphatic rings. The second-order valence-corrected chi connectivity index (χ2v) is 7.72. The first-order chi connectivity index (χ1) is 14.8. The molecule has 1 N–H and O–H groups in total. The third kappa shape index (κ3) is 6.17. The van der Waals surface area contributed by atoms with Gasteiger partial charge < -0.3 is 5.32 Å². The van der Waals surface area contributed by atoms with Gasteiger partial charge >= 0.3 is 6.18 Å². The predicted molar refractivity (Wildman–Crippen MR) is 117 cm³/mol. The van der Waals surface area contributed by atoms with Crippen LogP contribution in [0.4, 0.5) is 23.2 Å². The summed E-state index contributed by atoms with van der Waals surface area (Å²) < 4.78 is 52.4. The summed E-state index contributed by atoms with van der Waals surface area (Å²) in [6.07, 6.45) is -1.03. The third-order valence-corrected chi connectivity index (χ3v) is 5.28. The Labute approximate surface area is 180 Å². The van der Waals surface area contributed by atoms with Gasteiger partial charge in [0.25, 0.3) is 0 Å². The average Bonchev–Trinajstić information content (AvgIpc) is 2.73. The van der Waals surface area contributed by atoms with Crippen molar-refractivity contribution in [3.63, 3.8) is 0 Å². The number of nitrogens with one attached hydrogen (secondary N) is 1. The Morgan fingerprint density at radius 3 is 2.58 bits per heavy atom. The second kappa shape index (κ2) is 10.1. The van der Waals surface area contributed by atoms with Crippen molar-refractivity contribution >= 4 is 16.6 Å². The van der Waals surface area contributed by atoms with Crippen LogP contribution < -0.4 is 5.32 Å². The third-order valence-electron chi connectivity index (χ3n) is 5.28. The van der Waals surface area contributed by atoms with E-state index < -0.39 is 11.7 Å². The van der Waals surface area contributed by atoms with Gasteiger partial charge in [0, 0.05) is 36.9 Å². The van der Waals surface area contributed by atoms with Crippen molar-refractivity contribution in [2.45, 2.75) is 39.4 Å². The molecule has 0 aliphatic heterocycles. The minimum Gasteiger partial charge on any atom is -0.384 e. The summed E-state index contributed by atoms with van der Waals surface area (Å²) in [7, 11) is 0. The van der Waals surface area contributed by atoms with Gasteiger partial charge in [0.05, 0.1) is 11.1 Å². The van der Waals surface area contributed by atoms with Gasteiger partial charge in [0.1, 0.15) is 5.82 Å². The Morgan fingerprint density at radius 1 is 1.03 bits per heavy atom. The highest BCUT2D eigenvalue weighted by atomic mass is 19.4. The van der Waals surface area contributed by atoms with Crippen LogP contribution in [0.15, 0.2) is 48.7 Å². The lowest BCUT2D eigenvalue weighted by molar-refractivity contribution is -0.137. The van der Waals surface area contributed by atoms with Crippen LogP contribution in [0.5, 0.6) is 0 Å². The minimum absolute atomic E-state index is 0.225. The SMILES string of the molecule is CCCN(CCCNc1ccnc2cc(C(F)(F)F)ccc12)Cc1cc(F)ccc1C. The van der Waals surface area contributed by atoms with Crippen molar-refractivity contribution in [2.24, 2.45) is 0 Å². The molecule has 0 radical (unpaired) electrons. The van der Waals surface area contributed by atoms with E-state index >= 15 is 0 Å². The highest BCUT2D eigenvalue weighted by Crippen LogP contribution is 2.32. The molecule has 2 aromatic carbocycles. The number of hydrogen-bond acceptors (Lipinski definition) is 3. The van der Waals surface area contributed by atoms with Crippen LogP contribution in [0, 0.1) is 12.7 Å². The predicted octanol–water partition coefficient (Wildman–Crippen LogP) is 6.42. The van der Waals surface area contributed by atoms with Crippen molar-refractivity contribution in [1.29, 1.82) is 0 Å². The number of hydrogen-bond donors (Lipinski definition) is 1. The van der Waals surface area contributed by atoms with Crippen molar-refractivity contribution in [1.82, 2.24) is 9.88 Å². The summed E-state index contributed by atoms with van der Waals surface area (Å²) in [6, 6.07) is 10.3. The van der Waals surface area contributed by atoms with Gasteiger partial charge in [-0.1, -0.05) is 19.1 Å². The Kier molecular flexibility index (Phi) is 7.49. The first-order valence-corrected chi connectivity index (χ1v) is 10.4. The van der Waals surface area contributed by atoms with Crippen LogP contribution in [0.25, 0.3) is 10.9 Å². The summed E-state index contributed by atoms with van der Waals surface area (Å²) in [6.45, 7) is 7.20. The summed E-state index contributed by atoms with van der Waals surface area (Å²) in [5.41, 5.74) is 2.44. The lowest BCUT2D eigenvalue weighted by Gasteiger charge is -2.23. The number of anilines is 1. The molecule has 0 aliphatic carbocycles. The Morgan fingerprint density at radius 2 is 1.84 bits per heavy atom. The number of alkyl halides is 3. The molecule has 0 atom stereocenters. The van der Waals surface area contributed by atoms with E-state index in [9.17, 15) is 17.6 Å². The number of pyridine rings is 1. The molecule has 0 fully saturated rings. The van der Waals surface area contributed by atoms with E-state index in [1.54, 1.807) is 18.2 Å². The molecule has 0 saturated carbocycles. The highest BCUT2D eigenvalue weighted by molar-refractivity contribution is 5.91. The van der Waals surface area contributed by atoms with E-state index in [1.165, 1.54) is 18.3 Å². The lowest BCUT2D eigenvalue weighted by atomic mass is 10.1. The zero-order valence-electron chi connectivity index (χ0n) is 17.8. The zero-order valence-corrected chi connectivity index (χ0v) is 17.8. The first-order valence-electron chi connectivity index (χ1n) is 10.4. The molecule has 1 aromatic heterocycles. The molecule has 0 bridgehead atoms. The van der Waals surface area contributed by atoms with Crippen molar-refractivity contribution < 1.29 is 17.6 Å². The summed E-state index contributed by atoms with van der Waals surface area (Å²) in [5, 5.41) is 3.98. The van der Waals surface area contributed by atoms with E-state index in [2.05, 4.69) is 22.1 Å². The lowest BCUT2D eigenvalue weighted by Crippen LogP contribution is -2.27. The zero-order chi connectivity index (χ0) is 22.4. The van der Waals surface area contributed by atoms with Gasteiger partial charge in [-0.25, -0.2) is 4.39 Å². The van der Waals surface area contributed by atoms with Gasteiger partial charge in [-0.2, -0.15) is 13.2 Å². The maximum absolute atomic E-state index is 13.6. The van der Waals surface area contributed by atoms with Gasteiger partial charge in [-0.15, -0.1) is 0 Å². The average molecular weight is 433 g/mol. The number of aryl methyl sites for hydroxylation is 1. The smallest absolute Gasteiger partial charge is 0.384 e. The second-order valence-electron chi connectivity index (χ2n) is 7.72. The van der Waals surface area contributed by atoms with Crippen LogP contribution in [-0.2, 0) is 12.7 Å². The normalized spacial score (nSPS) is 12.0. The Balaban J connectivity index is 1.61. The highest BCUT2D eigenvalue weighted by Gasteiger charge is 2.30. The van der Waals surface area contributed by atoms with Crippen molar-refractivity contribution in [2.75, 3.05) is 25.0 Å². The van der Waals surface area contributed by atoms with Gasteiger partial charge in [-0.05, 0) is 67.8 Å². The fourth-order valence-electron chi connectivity index (χ4n) is 3.64. The Bertz CT molecular complexity index is 1020. The summed E-state index contributed by atoms with van der Waals surface area (Å²) >= 11 is 0. The number of rotatable bonds is 9. The van der Waals surface area contributed by atoms with E-state index in [0.717, 1.165) is 54.9 Å². The quantitative estimate of drug-likeness (QED) is 0.312. The number of halogens is 4. The molecule has 0 amide bonds. The summed E-state index contributed by atoms with van der Waals surface area (Å²) in [5.74, 6) is -0.225. The number of fused-ring (bicyclic) bond motifs is 1. The Hall–Kier alpha value is -2.67. The fourth-order valence-corrected chi connectivity index (χ4v) is 3.64.